The molecule has 1 heteroatoms. The number of pyridine rings is 1. The van der Waals surface area contributed by atoms with Gasteiger partial charge in [-0.2, -0.15) is 0 Å². The third-order valence-corrected chi connectivity index (χ3v) is 2.83. The summed E-state index contributed by atoms with van der Waals surface area (Å²) in [5.41, 5.74) is 3.96. The highest BCUT2D eigenvalue weighted by Crippen LogP contribution is 2.52. The van der Waals surface area contributed by atoms with Crippen molar-refractivity contribution < 1.29 is 0 Å². The van der Waals surface area contributed by atoms with Gasteiger partial charge in [0.25, 0.3) is 0 Å². The Labute approximate surface area is 85.9 Å². The van der Waals surface area contributed by atoms with Gasteiger partial charge in [-0.25, -0.2) is 0 Å². The van der Waals surface area contributed by atoms with E-state index in [0.717, 1.165) is 11.8 Å². The third-order valence-electron chi connectivity index (χ3n) is 2.83. The van der Waals surface area contributed by atoms with Crippen molar-refractivity contribution in [2.45, 2.75) is 33.1 Å². The van der Waals surface area contributed by atoms with Gasteiger partial charge in [0.05, 0.1) is 5.69 Å². The van der Waals surface area contributed by atoms with E-state index in [1.54, 1.807) is 0 Å². The van der Waals surface area contributed by atoms with Crippen LogP contribution in [-0.4, -0.2) is 4.98 Å². The van der Waals surface area contributed by atoms with E-state index in [0.29, 0.717) is 0 Å². The number of aryl methyl sites for hydroxylation is 1. The number of rotatable bonds is 0. The lowest BCUT2D eigenvalue weighted by Gasteiger charge is -2.08. The monoisotopic (exact) mass is 187 g/mol. The molecule has 1 aromatic rings. The van der Waals surface area contributed by atoms with Crippen LogP contribution in [0.25, 0.3) is 6.08 Å². The summed E-state index contributed by atoms with van der Waals surface area (Å²) in [6.45, 7) is 6.11. The minimum atomic E-state index is 0.803. The zero-order chi connectivity index (χ0) is 10.1. The van der Waals surface area contributed by atoms with Gasteiger partial charge in [-0.05, 0) is 42.4 Å². The van der Waals surface area contributed by atoms with Crippen LogP contribution in [0.3, 0.4) is 0 Å². The molecule has 3 rings (SSSR count). The van der Waals surface area contributed by atoms with Crippen LogP contribution in [0.15, 0.2) is 18.3 Å². The van der Waals surface area contributed by atoms with Gasteiger partial charge in [-0.3, -0.25) is 4.98 Å². The summed E-state index contributed by atoms with van der Waals surface area (Å²) in [5.74, 6) is 1.64. The zero-order valence-electron chi connectivity index (χ0n) is 9.12. The Kier molecular flexibility index (Phi) is 2.40. The predicted octanol–water partition coefficient (Wildman–Crippen LogP) is 3.55. The van der Waals surface area contributed by atoms with E-state index in [1.807, 2.05) is 20.0 Å². The second kappa shape index (κ2) is 3.56. The molecule has 1 nitrogen and oxygen atoms in total. The molecule has 0 saturated heterocycles. The quantitative estimate of drug-likeness (QED) is 0.605. The summed E-state index contributed by atoms with van der Waals surface area (Å²) in [6.07, 6.45) is 7.76. The van der Waals surface area contributed by atoms with Crippen molar-refractivity contribution in [1.82, 2.24) is 4.98 Å². The number of hydrogen-bond donors (Lipinski definition) is 0. The van der Waals surface area contributed by atoms with Crippen LogP contribution < -0.4 is 0 Å². The van der Waals surface area contributed by atoms with E-state index < -0.39 is 0 Å². The lowest BCUT2D eigenvalue weighted by atomic mass is 10.0. The molecule has 1 aromatic heterocycles. The Morgan fingerprint density at radius 2 is 2.14 bits per heavy atom. The Morgan fingerprint density at radius 1 is 1.36 bits per heavy atom. The van der Waals surface area contributed by atoms with Crippen molar-refractivity contribution >= 4 is 6.08 Å². The first kappa shape index (κ1) is 9.45. The topological polar surface area (TPSA) is 12.9 Å². The second-order valence-corrected chi connectivity index (χ2v) is 3.85. The molecular formula is C13H17N. The molecule has 2 aliphatic carbocycles. The minimum Gasteiger partial charge on any atom is -0.256 e. The fraction of sp³-hybridized carbons (Fsp3) is 0.462. The molecule has 2 unspecified atom stereocenters. The van der Waals surface area contributed by atoms with Gasteiger partial charge >= 0.3 is 0 Å². The largest absolute Gasteiger partial charge is 0.256 e. The van der Waals surface area contributed by atoms with Gasteiger partial charge in [-0.15, -0.1) is 0 Å². The normalized spacial score (nSPS) is 25.6. The van der Waals surface area contributed by atoms with E-state index in [-0.39, 0.29) is 0 Å². The first-order chi connectivity index (χ1) is 6.84. The summed E-state index contributed by atoms with van der Waals surface area (Å²) in [6, 6.07) is 2.29. The molecule has 2 aliphatic rings. The first-order valence-electron chi connectivity index (χ1n) is 5.49. The fourth-order valence-corrected chi connectivity index (χ4v) is 2.04. The van der Waals surface area contributed by atoms with E-state index in [2.05, 4.69) is 30.1 Å². The predicted molar refractivity (Wildman–Crippen MR) is 60.2 cm³/mol. The zero-order valence-corrected chi connectivity index (χ0v) is 9.12. The smallest absolute Gasteiger partial charge is 0.0661 e. The summed E-state index contributed by atoms with van der Waals surface area (Å²) in [4.78, 5) is 4.41. The average molecular weight is 187 g/mol. The van der Waals surface area contributed by atoms with Gasteiger partial charge < -0.3 is 0 Å². The second-order valence-electron chi connectivity index (χ2n) is 3.85. The van der Waals surface area contributed by atoms with Gasteiger partial charge in [0, 0.05) is 6.20 Å². The summed E-state index contributed by atoms with van der Waals surface area (Å²) in [7, 11) is 0. The van der Waals surface area contributed by atoms with Crippen LogP contribution in [0, 0.1) is 12.8 Å². The maximum absolute atomic E-state index is 4.41. The molecule has 1 fully saturated rings. The molecule has 0 spiro atoms. The van der Waals surface area contributed by atoms with Crippen LogP contribution in [0.2, 0.25) is 0 Å². The van der Waals surface area contributed by atoms with Crippen molar-refractivity contribution in [3.8, 4) is 0 Å². The number of hydrogen-bond acceptors (Lipinski definition) is 1. The molecule has 14 heavy (non-hydrogen) atoms. The van der Waals surface area contributed by atoms with E-state index in [1.165, 1.54) is 23.2 Å². The van der Waals surface area contributed by atoms with E-state index in [9.17, 15) is 0 Å². The number of fused-ring (bicyclic) bond motifs is 3. The fourth-order valence-electron chi connectivity index (χ4n) is 2.04. The van der Waals surface area contributed by atoms with Crippen molar-refractivity contribution in [3.63, 3.8) is 0 Å². The summed E-state index contributed by atoms with van der Waals surface area (Å²) < 4.78 is 0. The van der Waals surface area contributed by atoms with Crippen molar-refractivity contribution in [3.05, 3.63) is 35.2 Å². The molecule has 1 saturated carbocycles. The third kappa shape index (κ3) is 1.47. The Bertz CT molecular complexity index is 365. The molecule has 0 aromatic carbocycles. The van der Waals surface area contributed by atoms with Crippen LogP contribution >= 0.6 is 0 Å². The molecule has 1 heterocycles. The maximum Gasteiger partial charge on any atom is 0.0661 e. The van der Waals surface area contributed by atoms with E-state index >= 15 is 0 Å². The molecule has 0 radical (unpaired) electrons. The number of nitrogens with zero attached hydrogens (tertiary/aromatic N) is 1. The molecule has 0 N–H and O–H groups in total. The van der Waals surface area contributed by atoms with Crippen molar-refractivity contribution in [2.75, 3.05) is 0 Å². The molecule has 0 bridgehead atoms. The highest BCUT2D eigenvalue weighted by Gasteiger charge is 2.39. The Hall–Kier alpha value is -1.11. The van der Waals surface area contributed by atoms with Crippen LogP contribution in [0.5, 0.6) is 0 Å². The Morgan fingerprint density at radius 3 is 2.93 bits per heavy atom. The van der Waals surface area contributed by atoms with Crippen molar-refractivity contribution in [1.29, 1.82) is 0 Å². The number of allylic oxidation sites excluding steroid dienone is 1. The molecule has 2 atom stereocenters. The maximum atomic E-state index is 4.41. The van der Waals surface area contributed by atoms with Gasteiger partial charge in [0.1, 0.15) is 0 Å². The first-order valence-corrected chi connectivity index (χ1v) is 5.49. The van der Waals surface area contributed by atoms with Gasteiger partial charge in [-0.1, -0.05) is 26.0 Å². The highest BCUT2D eigenvalue weighted by molar-refractivity contribution is 5.58. The molecule has 74 valence electrons. The minimum absolute atomic E-state index is 0.803. The van der Waals surface area contributed by atoms with Crippen LogP contribution in [0.1, 0.15) is 43.0 Å². The summed E-state index contributed by atoms with van der Waals surface area (Å²) >= 11 is 0. The highest BCUT2D eigenvalue weighted by atomic mass is 14.7. The van der Waals surface area contributed by atoms with E-state index in [4.69, 9.17) is 0 Å². The van der Waals surface area contributed by atoms with Gasteiger partial charge in [0.2, 0.25) is 0 Å². The van der Waals surface area contributed by atoms with Crippen LogP contribution in [0.4, 0.5) is 0 Å². The lowest BCUT2D eigenvalue weighted by Crippen LogP contribution is -1.96. The summed E-state index contributed by atoms with van der Waals surface area (Å²) in [5, 5.41) is 0. The molecule has 0 aliphatic heterocycles. The average Bonchev–Trinajstić information content (AvgIpc) is 3.00. The Balaban J connectivity index is 0.000000354. The standard InChI is InChI=1S/C11H11N.C2H6/c1-7-4-10-9-5-8(9)2-3-11(10)12-6-7;1-2/h2-4,6,8-9H,5H2,1H3;1-2H3. The molecule has 0 amide bonds. The van der Waals surface area contributed by atoms with Crippen LogP contribution in [-0.2, 0) is 0 Å². The van der Waals surface area contributed by atoms with Crippen molar-refractivity contribution in [2.24, 2.45) is 5.92 Å². The SMILES string of the molecule is CC.Cc1cnc2c(c1)C1CC1C=C2. The number of aromatic nitrogens is 1. The van der Waals surface area contributed by atoms with Gasteiger partial charge in [0.15, 0.2) is 0 Å². The molecular weight excluding hydrogens is 170 g/mol. The lowest BCUT2D eigenvalue weighted by molar-refractivity contribution is 0.969.